The zero-order valence-electron chi connectivity index (χ0n) is 11.7. The Labute approximate surface area is 113 Å². The second-order valence-corrected chi connectivity index (χ2v) is 6.23. The van der Waals surface area contributed by atoms with Crippen molar-refractivity contribution in [2.45, 2.75) is 33.2 Å². The molecule has 100 valence electrons. The van der Waals surface area contributed by atoms with E-state index in [0.29, 0.717) is 6.42 Å². The summed E-state index contributed by atoms with van der Waals surface area (Å²) in [6.45, 7) is 5.05. The lowest BCUT2D eigenvalue weighted by atomic mass is 9.76. The minimum absolute atomic E-state index is 0.0598. The standard InChI is InChI=1S/C15H19N3O/c1-15(2)8-13-12(14(19)9-15)5-7-18(13)10-11-4-6-17(3)16-11/h4-7H,8-10H2,1-3H3. The van der Waals surface area contributed by atoms with Crippen molar-refractivity contribution in [2.75, 3.05) is 0 Å². The second-order valence-electron chi connectivity index (χ2n) is 6.23. The molecule has 2 aromatic heterocycles. The maximum atomic E-state index is 12.1. The van der Waals surface area contributed by atoms with Crippen LogP contribution in [0.2, 0.25) is 0 Å². The van der Waals surface area contributed by atoms with Gasteiger partial charge in [-0.2, -0.15) is 5.10 Å². The fourth-order valence-corrected chi connectivity index (χ4v) is 2.87. The van der Waals surface area contributed by atoms with Crippen molar-refractivity contribution in [2.24, 2.45) is 12.5 Å². The highest BCUT2D eigenvalue weighted by Crippen LogP contribution is 2.35. The maximum Gasteiger partial charge on any atom is 0.165 e. The Bertz CT molecular complexity index is 634. The van der Waals surface area contributed by atoms with Crippen LogP contribution in [-0.2, 0) is 20.0 Å². The number of nitrogens with zero attached hydrogens (tertiary/aromatic N) is 3. The predicted octanol–water partition coefficient (Wildman–Crippen LogP) is 2.43. The maximum absolute atomic E-state index is 12.1. The zero-order chi connectivity index (χ0) is 13.6. The Hall–Kier alpha value is -1.84. The molecule has 0 spiro atoms. The van der Waals surface area contributed by atoms with Gasteiger partial charge in [-0.25, -0.2) is 0 Å². The summed E-state index contributed by atoms with van der Waals surface area (Å²) in [7, 11) is 1.92. The third-order valence-corrected chi connectivity index (χ3v) is 3.77. The van der Waals surface area contributed by atoms with E-state index in [1.165, 1.54) is 0 Å². The molecule has 0 aromatic carbocycles. The molecular weight excluding hydrogens is 238 g/mol. The number of ketones is 1. The highest BCUT2D eigenvalue weighted by Gasteiger charge is 2.32. The van der Waals surface area contributed by atoms with Crippen molar-refractivity contribution in [1.29, 1.82) is 0 Å². The average Bonchev–Trinajstić information content (AvgIpc) is 2.86. The molecule has 4 nitrogen and oxygen atoms in total. The summed E-state index contributed by atoms with van der Waals surface area (Å²) in [5.74, 6) is 0.269. The van der Waals surface area contributed by atoms with Crippen LogP contribution in [0.3, 0.4) is 0 Å². The molecular formula is C15H19N3O. The molecule has 0 fully saturated rings. The van der Waals surface area contributed by atoms with Crippen molar-refractivity contribution < 1.29 is 4.79 Å². The van der Waals surface area contributed by atoms with Gasteiger partial charge in [0.2, 0.25) is 0 Å². The minimum Gasteiger partial charge on any atom is -0.345 e. The van der Waals surface area contributed by atoms with Crippen LogP contribution in [0, 0.1) is 5.41 Å². The number of hydrogen-bond donors (Lipinski definition) is 0. The molecule has 0 aliphatic heterocycles. The van der Waals surface area contributed by atoms with E-state index >= 15 is 0 Å². The van der Waals surface area contributed by atoms with Crippen LogP contribution in [0.1, 0.15) is 42.0 Å². The molecule has 0 saturated carbocycles. The first-order valence-electron chi connectivity index (χ1n) is 6.64. The Kier molecular flexibility index (Phi) is 2.62. The van der Waals surface area contributed by atoms with Gasteiger partial charge in [0.1, 0.15) is 0 Å². The van der Waals surface area contributed by atoms with Gasteiger partial charge >= 0.3 is 0 Å². The fraction of sp³-hybridized carbons (Fsp3) is 0.467. The van der Waals surface area contributed by atoms with Crippen molar-refractivity contribution >= 4 is 5.78 Å². The third-order valence-electron chi connectivity index (χ3n) is 3.77. The summed E-state index contributed by atoms with van der Waals surface area (Å²) < 4.78 is 3.97. The molecule has 0 saturated heterocycles. The van der Waals surface area contributed by atoms with Gasteiger partial charge in [-0.1, -0.05) is 13.8 Å². The number of Topliss-reactive ketones (excluding diaryl/α,β-unsaturated/α-hetero) is 1. The minimum atomic E-state index is 0.0598. The smallest absolute Gasteiger partial charge is 0.165 e. The number of carbonyl (C=O) groups excluding carboxylic acids is 1. The monoisotopic (exact) mass is 257 g/mol. The molecule has 0 atom stereocenters. The van der Waals surface area contributed by atoms with Gasteiger partial charge in [0, 0.05) is 37.1 Å². The Morgan fingerprint density at radius 1 is 1.26 bits per heavy atom. The van der Waals surface area contributed by atoms with E-state index in [9.17, 15) is 4.79 Å². The molecule has 1 aliphatic rings. The van der Waals surface area contributed by atoms with Gasteiger partial charge in [-0.05, 0) is 24.0 Å². The summed E-state index contributed by atoms with van der Waals surface area (Å²) in [6, 6.07) is 3.97. The number of carbonyl (C=O) groups is 1. The highest BCUT2D eigenvalue weighted by molar-refractivity contribution is 5.98. The van der Waals surface area contributed by atoms with Crippen LogP contribution in [0.5, 0.6) is 0 Å². The number of rotatable bonds is 2. The average molecular weight is 257 g/mol. The van der Waals surface area contributed by atoms with E-state index in [1.54, 1.807) is 4.68 Å². The fourth-order valence-electron chi connectivity index (χ4n) is 2.87. The van der Waals surface area contributed by atoms with E-state index in [1.807, 2.05) is 31.6 Å². The van der Waals surface area contributed by atoms with Crippen LogP contribution in [0.15, 0.2) is 24.5 Å². The van der Waals surface area contributed by atoms with Gasteiger partial charge in [-0.3, -0.25) is 9.48 Å². The lowest BCUT2D eigenvalue weighted by Gasteiger charge is -2.29. The molecule has 19 heavy (non-hydrogen) atoms. The summed E-state index contributed by atoms with van der Waals surface area (Å²) in [5.41, 5.74) is 3.14. The van der Waals surface area contributed by atoms with Crippen LogP contribution in [-0.4, -0.2) is 20.1 Å². The van der Waals surface area contributed by atoms with E-state index < -0.39 is 0 Å². The molecule has 4 heteroatoms. The molecule has 0 radical (unpaired) electrons. The van der Waals surface area contributed by atoms with Crippen molar-refractivity contribution in [3.8, 4) is 0 Å². The van der Waals surface area contributed by atoms with E-state index in [0.717, 1.165) is 29.9 Å². The van der Waals surface area contributed by atoms with Gasteiger partial charge in [-0.15, -0.1) is 0 Å². The predicted molar refractivity (Wildman–Crippen MR) is 73.2 cm³/mol. The summed E-state index contributed by atoms with van der Waals surface area (Å²) in [5, 5.41) is 4.40. The van der Waals surface area contributed by atoms with Crippen LogP contribution >= 0.6 is 0 Å². The van der Waals surface area contributed by atoms with Gasteiger partial charge in [0.25, 0.3) is 0 Å². The van der Waals surface area contributed by atoms with Crippen molar-refractivity contribution in [1.82, 2.24) is 14.3 Å². The number of aromatic nitrogens is 3. The largest absolute Gasteiger partial charge is 0.345 e. The normalized spacial score (nSPS) is 17.5. The van der Waals surface area contributed by atoms with Crippen molar-refractivity contribution in [3.05, 3.63) is 41.5 Å². The number of fused-ring (bicyclic) bond motifs is 1. The summed E-state index contributed by atoms with van der Waals surface area (Å²) >= 11 is 0. The summed E-state index contributed by atoms with van der Waals surface area (Å²) in [4.78, 5) is 12.1. The van der Waals surface area contributed by atoms with Crippen LogP contribution in [0.25, 0.3) is 0 Å². The molecule has 2 aromatic rings. The Morgan fingerprint density at radius 2 is 2.05 bits per heavy atom. The quantitative estimate of drug-likeness (QED) is 0.829. The van der Waals surface area contributed by atoms with Crippen LogP contribution < -0.4 is 0 Å². The van der Waals surface area contributed by atoms with Gasteiger partial charge in [0.05, 0.1) is 12.2 Å². The van der Waals surface area contributed by atoms with E-state index in [-0.39, 0.29) is 11.2 Å². The SMILES string of the molecule is Cn1ccc(Cn2ccc3c2CC(C)(C)CC3=O)n1. The van der Waals surface area contributed by atoms with Gasteiger partial charge < -0.3 is 4.57 Å². The van der Waals surface area contributed by atoms with Crippen LogP contribution in [0.4, 0.5) is 0 Å². The molecule has 0 N–H and O–H groups in total. The lowest BCUT2D eigenvalue weighted by Crippen LogP contribution is -2.28. The summed E-state index contributed by atoms with van der Waals surface area (Å²) in [6.07, 6.45) is 5.56. The third kappa shape index (κ3) is 2.23. The first kappa shape index (κ1) is 12.2. The topological polar surface area (TPSA) is 39.8 Å². The zero-order valence-corrected chi connectivity index (χ0v) is 11.7. The molecule has 0 amide bonds. The second kappa shape index (κ2) is 4.08. The first-order valence-corrected chi connectivity index (χ1v) is 6.64. The number of hydrogen-bond acceptors (Lipinski definition) is 2. The Balaban J connectivity index is 1.95. The Morgan fingerprint density at radius 3 is 2.74 bits per heavy atom. The molecule has 3 rings (SSSR count). The van der Waals surface area contributed by atoms with E-state index in [2.05, 4.69) is 23.5 Å². The molecule has 1 aliphatic carbocycles. The first-order chi connectivity index (χ1) is 8.94. The van der Waals surface area contributed by atoms with Gasteiger partial charge in [0.15, 0.2) is 5.78 Å². The lowest BCUT2D eigenvalue weighted by molar-refractivity contribution is 0.0910. The van der Waals surface area contributed by atoms with E-state index in [4.69, 9.17) is 0 Å². The molecule has 0 bridgehead atoms. The highest BCUT2D eigenvalue weighted by atomic mass is 16.1. The molecule has 2 heterocycles. The molecule has 0 unspecified atom stereocenters. The number of aryl methyl sites for hydroxylation is 1. The van der Waals surface area contributed by atoms with Crippen molar-refractivity contribution in [3.63, 3.8) is 0 Å².